The molecule has 164 valence electrons. The lowest BCUT2D eigenvalue weighted by atomic mass is 9.95. The monoisotopic (exact) mass is 438 g/mol. The first-order chi connectivity index (χ1) is 15.4. The summed E-state index contributed by atoms with van der Waals surface area (Å²) in [5.41, 5.74) is 2.10. The van der Waals surface area contributed by atoms with Crippen LogP contribution < -0.4 is 5.32 Å². The van der Waals surface area contributed by atoms with Crippen molar-refractivity contribution in [3.05, 3.63) is 81.4 Å². The van der Waals surface area contributed by atoms with Gasteiger partial charge >= 0.3 is 5.97 Å². The molecule has 4 rings (SSSR count). The van der Waals surface area contributed by atoms with E-state index in [2.05, 4.69) is 10.4 Å². The highest BCUT2D eigenvalue weighted by molar-refractivity contribution is 5.96. The average molecular weight is 438 g/mol. The number of hydrogen-bond donors (Lipinski definition) is 1. The minimum Gasteiger partial charge on any atom is -0.451 e. The van der Waals surface area contributed by atoms with Crippen molar-refractivity contribution in [3.8, 4) is 5.69 Å². The van der Waals surface area contributed by atoms with Crippen LogP contribution in [-0.4, -0.2) is 33.2 Å². The third-order valence-corrected chi connectivity index (χ3v) is 5.15. The molecule has 0 atom stereocenters. The SMILES string of the molecule is O=C(COC(=O)c1nn(-c2ccc(F)cc2)c2c1CCCC2)Nc1ccccc1[N+](=O)[O-]. The van der Waals surface area contributed by atoms with E-state index in [1.165, 1.54) is 30.3 Å². The maximum Gasteiger partial charge on any atom is 0.359 e. The second-order valence-corrected chi connectivity index (χ2v) is 7.27. The first-order valence-corrected chi connectivity index (χ1v) is 10.0. The second-order valence-electron chi connectivity index (χ2n) is 7.27. The molecule has 1 heterocycles. The molecule has 0 saturated heterocycles. The zero-order chi connectivity index (χ0) is 22.7. The summed E-state index contributed by atoms with van der Waals surface area (Å²) in [6.07, 6.45) is 3.18. The Bertz CT molecular complexity index is 1190. The van der Waals surface area contributed by atoms with Crippen LogP contribution in [0, 0.1) is 15.9 Å². The van der Waals surface area contributed by atoms with Crippen molar-refractivity contribution in [2.45, 2.75) is 25.7 Å². The minimum absolute atomic E-state index is 0.0107. The van der Waals surface area contributed by atoms with Gasteiger partial charge in [-0.3, -0.25) is 14.9 Å². The Labute approximate surface area is 182 Å². The molecule has 0 spiro atoms. The summed E-state index contributed by atoms with van der Waals surface area (Å²) in [5, 5.41) is 17.8. The van der Waals surface area contributed by atoms with Gasteiger partial charge in [0, 0.05) is 17.3 Å². The number of carbonyl (C=O) groups is 2. The van der Waals surface area contributed by atoms with Gasteiger partial charge in [0.2, 0.25) is 0 Å². The number of carbonyl (C=O) groups excluding carboxylic acids is 2. The summed E-state index contributed by atoms with van der Waals surface area (Å²) in [7, 11) is 0. The number of nitro groups is 1. The van der Waals surface area contributed by atoms with E-state index in [1.807, 2.05) is 0 Å². The molecule has 0 fully saturated rings. The second kappa shape index (κ2) is 8.96. The molecular formula is C22H19FN4O5. The normalized spacial score (nSPS) is 12.7. The number of nitro benzene ring substituents is 1. The predicted molar refractivity (Wildman–Crippen MR) is 112 cm³/mol. The highest BCUT2D eigenvalue weighted by Gasteiger charge is 2.27. The number of hydrogen-bond acceptors (Lipinski definition) is 6. The van der Waals surface area contributed by atoms with E-state index in [4.69, 9.17) is 4.74 Å². The van der Waals surface area contributed by atoms with Crippen molar-refractivity contribution in [2.75, 3.05) is 11.9 Å². The van der Waals surface area contributed by atoms with E-state index in [0.717, 1.165) is 24.1 Å². The lowest BCUT2D eigenvalue weighted by Crippen LogP contribution is -2.22. The van der Waals surface area contributed by atoms with Crippen molar-refractivity contribution < 1.29 is 23.6 Å². The molecule has 1 amide bonds. The van der Waals surface area contributed by atoms with Crippen LogP contribution in [0.15, 0.2) is 48.5 Å². The maximum atomic E-state index is 13.3. The molecular weight excluding hydrogens is 419 g/mol. The molecule has 0 bridgehead atoms. The number of rotatable bonds is 6. The number of aromatic nitrogens is 2. The van der Waals surface area contributed by atoms with Crippen LogP contribution in [0.25, 0.3) is 5.69 Å². The summed E-state index contributed by atoms with van der Waals surface area (Å²) >= 11 is 0. The van der Waals surface area contributed by atoms with Crippen molar-refractivity contribution in [1.82, 2.24) is 9.78 Å². The van der Waals surface area contributed by atoms with Gasteiger partial charge in [0.15, 0.2) is 12.3 Å². The van der Waals surface area contributed by atoms with E-state index in [9.17, 15) is 24.1 Å². The fraction of sp³-hybridized carbons (Fsp3) is 0.227. The Morgan fingerprint density at radius 3 is 2.59 bits per heavy atom. The number of nitrogens with one attached hydrogen (secondary N) is 1. The zero-order valence-corrected chi connectivity index (χ0v) is 16.9. The quantitative estimate of drug-likeness (QED) is 0.357. The topological polar surface area (TPSA) is 116 Å². The number of ether oxygens (including phenoxy) is 1. The molecule has 0 saturated carbocycles. The van der Waals surface area contributed by atoms with Crippen molar-refractivity contribution >= 4 is 23.3 Å². The first kappa shape index (κ1) is 21.2. The van der Waals surface area contributed by atoms with Crippen LogP contribution in [0.1, 0.15) is 34.6 Å². The van der Waals surface area contributed by atoms with Crippen molar-refractivity contribution in [1.29, 1.82) is 0 Å². The fourth-order valence-electron chi connectivity index (χ4n) is 3.68. The minimum atomic E-state index is -0.762. The Hall–Kier alpha value is -4.08. The Balaban J connectivity index is 1.50. The average Bonchev–Trinajstić information content (AvgIpc) is 3.18. The number of anilines is 1. The van der Waals surface area contributed by atoms with Gasteiger partial charge in [-0.05, 0) is 56.0 Å². The number of para-hydroxylation sites is 2. The number of esters is 1. The molecule has 0 radical (unpaired) electrons. The smallest absolute Gasteiger partial charge is 0.359 e. The Kier molecular flexibility index (Phi) is 5.93. The van der Waals surface area contributed by atoms with Crippen LogP contribution in [-0.2, 0) is 22.4 Å². The van der Waals surface area contributed by atoms with E-state index in [0.29, 0.717) is 18.5 Å². The molecule has 32 heavy (non-hydrogen) atoms. The van der Waals surface area contributed by atoms with E-state index >= 15 is 0 Å². The third-order valence-electron chi connectivity index (χ3n) is 5.15. The number of halogens is 1. The molecule has 1 N–H and O–H groups in total. The van der Waals surface area contributed by atoms with Crippen LogP contribution >= 0.6 is 0 Å². The van der Waals surface area contributed by atoms with E-state index in [-0.39, 0.29) is 22.9 Å². The Morgan fingerprint density at radius 1 is 1.12 bits per heavy atom. The highest BCUT2D eigenvalue weighted by Crippen LogP contribution is 2.28. The zero-order valence-electron chi connectivity index (χ0n) is 16.9. The van der Waals surface area contributed by atoms with Gasteiger partial charge in [-0.2, -0.15) is 5.10 Å². The van der Waals surface area contributed by atoms with Gasteiger partial charge in [-0.15, -0.1) is 0 Å². The predicted octanol–water partition coefficient (Wildman–Crippen LogP) is 3.59. The molecule has 1 aliphatic carbocycles. The van der Waals surface area contributed by atoms with Crippen LogP contribution in [0.2, 0.25) is 0 Å². The van der Waals surface area contributed by atoms with Crippen molar-refractivity contribution in [2.24, 2.45) is 0 Å². The molecule has 2 aromatic carbocycles. The molecule has 1 aromatic heterocycles. The molecule has 0 unspecified atom stereocenters. The van der Waals surface area contributed by atoms with Gasteiger partial charge in [0.25, 0.3) is 11.6 Å². The lowest BCUT2D eigenvalue weighted by Gasteiger charge is -2.14. The largest absolute Gasteiger partial charge is 0.451 e. The van der Waals surface area contributed by atoms with E-state index in [1.54, 1.807) is 22.9 Å². The summed E-state index contributed by atoms with van der Waals surface area (Å²) < 4.78 is 20.0. The lowest BCUT2D eigenvalue weighted by molar-refractivity contribution is -0.383. The summed E-state index contributed by atoms with van der Waals surface area (Å²) in [4.78, 5) is 35.4. The summed E-state index contributed by atoms with van der Waals surface area (Å²) in [6, 6.07) is 11.5. The Morgan fingerprint density at radius 2 is 1.84 bits per heavy atom. The van der Waals surface area contributed by atoms with Gasteiger partial charge in [0.1, 0.15) is 11.5 Å². The van der Waals surface area contributed by atoms with Crippen LogP contribution in [0.3, 0.4) is 0 Å². The van der Waals surface area contributed by atoms with Crippen LogP contribution in [0.4, 0.5) is 15.8 Å². The van der Waals surface area contributed by atoms with Crippen molar-refractivity contribution in [3.63, 3.8) is 0 Å². The van der Waals surface area contributed by atoms with Crippen LogP contribution in [0.5, 0.6) is 0 Å². The first-order valence-electron chi connectivity index (χ1n) is 10.0. The third kappa shape index (κ3) is 4.34. The van der Waals surface area contributed by atoms with Gasteiger partial charge < -0.3 is 10.1 Å². The molecule has 0 aliphatic heterocycles. The standard InChI is InChI=1S/C22H19FN4O5/c23-14-9-11-15(12-10-14)26-18-7-3-1-5-16(18)21(25-26)22(29)32-13-20(28)24-17-6-2-4-8-19(17)27(30)31/h2,4,6,8-12H,1,3,5,7,13H2,(H,24,28). The fourth-order valence-corrected chi connectivity index (χ4v) is 3.68. The number of benzene rings is 2. The van der Waals surface area contributed by atoms with Gasteiger partial charge in [0.05, 0.1) is 10.6 Å². The number of nitrogens with zero attached hydrogens (tertiary/aromatic N) is 3. The molecule has 9 nitrogen and oxygen atoms in total. The van der Waals surface area contributed by atoms with Gasteiger partial charge in [-0.1, -0.05) is 12.1 Å². The molecule has 10 heteroatoms. The summed E-state index contributed by atoms with van der Waals surface area (Å²) in [5.74, 6) is -1.85. The molecule has 1 aliphatic rings. The van der Waals surface area contributed by atoms with E-state index < -0.39 is 23.4 Å². The highest BCUT2D eigenvalue weighted by atomic mass is 19.1. The van der Waals surface area contributed by atoms with Gasteiger partial charge in [-0.25, -0.2) is 13.9 Å². The number of fused-ring (bicyclic) bond motifs is 1. The number of amides is 1. The maximum absolute atomic E-state index is 13.3. The summed E-state index contributed by atoms with van der Waals surface area (Å²) in [6.45, 7) is -0.622. The molecule has 3 aromatic rings.